The standard InChI is InChI=1S/C12H17N3S/c1-9(6-7-13)8-14-12-15-10-4-2-3-5-11(10)16-12/h2-5,9H,6-8,13H2,1H3,(H,14,15). The first-order chi connectivity index (χ1) is 7.79. The number of nitrogens with two attached hydrogens (primary N) is 1. The second-order valence-electron chi connectivity index (χ2n) is 4.05. The van der Waals surface area contributed by atoms with Crippen LogP contribution >= 0.6 is 11.3 Å². The number of nitrogens with zero attached hydrogens (tertiary/aromatic N) is 1. The normalized spacial score (nSPS) is 12.9. The van der Waals surface area contributed by atoms with Crippen molar-refractivity contribution in [3.8, 4) is 0 Å². The van der Waals surface area contributed by atoms with Crippen LogP contribution in [0.25, 0.3) is 10.2 Å². The van der Waals surface area contributed by atoms with Gasteiger partial charge in [-0.1, -0.05) is 30.4 Å². The summed E-state index contributed by atoms with van der Waals surface area (Å²) in [5, 5.41) is 4.38. The van der Waals surface area contributed by atoms with Crippen LogP contribution in [0.3, 0.4) is 0 Å². The maximum Gasteiger partial charge on any atom is 0.183 e. The minimum atomic E-state index is 0.594. The maximum atomic E-state index is 5.52. The van der Waals surface area contributed by atoms with Crippen molar-refractivity contribution in [1.82, 2.24) is 4.98 Å². The van der Waals surface area contributed by atoms with Crippen LogP contribution in [0.4, 0.5) is 5.13 Å². The Morgan fingerprint density at radius 1 is 1.44 bits per heavy atom. The van der Waals surface area contributed by atoms with E-state index in [1.807, 2.05) is 18.2 Å². The number of hydrogen-bond acceptors (Lipinski definition) is 4. The van der Waals surface area contributed by atoms with Crippen LogP contribution in [0.5, 0.6) is 0 Å². The predicted molar refractivity (Wildman–Crippen MR) is 70.9 cm³/mol. The van der Waals surface area contributed by atoms with Crippen LogP contribution in [0.15, 0.2) is 24.3 Å². The lowest BCUT2D eigenvalue weighted by molar-refractivity contribution is 0.568. The van der Waals surface area contributed by atoms with E-state index < -0.39 is 0 Å². The minimum Gasteiger partial charge on any atom is -0.361 e. The number of rotatable bonds is 5. The first-order valence-corrected chi connectivity index (χ1v) is 6.40. The molecule has 1 unspecified atom stereocenters. The molecule has 0 aliphatic rings. The van der Waals surface area contributed by atoms with E-state index in [4.69, 9.17) is 5.73 Å². The Labute approximate surface area is 99.7 Å². The van der Waals surface area contributed by atoms with Crippen molar-refractivity contribution in [1.29, 1.82) is 0 Å². The van der Waals surface area contributed by atoms with Crippen molar-refractivity contribution >= 4 is 26.7 Å². The smallest absolute Gasteiger partial charge is 0.183 e. The Balaban J connectivity index is 1.99. The summed E-state index contributed by atoms with van der Waals surface area (Å²) >= 11 is 1.70. The number of anilines is 1. The fourth-order valence-corrected chi connectivity index (χ4v) is 2.47. The highest BCUT2D eigenvalue weighted by molar-refractivity contribution is 7.22. The molecule has 0 bridgehead atoms. The van der Waals surface area contributed by atoms with Gasteiger partial charge in [-0.25, -0.2) is 4.98 Å². The molecular formula is C12H17N3S. The van der Waals surface area contributed by atoms with E-state index in [2.05, 4.69) is 23.3 Å². The van der Waals surface area contributed by atoms with Gasteiger partial charge in [0.25, 0.3) is 0 Å². The maximum absolute atomic E-state index is 5.52. The molecule has 3 N–H and O–H groups in total. The Bertz CT molecular complexity index is 419. The molecule has 0 fully saturated rings. The molecule has 4 heteroatoms. The number of nitrogens with one attached hydrogen (secondary N) is 1. The predicted octanol–water partition coefficient (Wildman–Crippen LogP) is 2.69. The van der Waals surface area contributed by atoms with Gasteiger partial charge in [0.05, 0.1) is 10.2 Å². The van der Waals surface area contributed by atoms with Crippen LogP contribution in [-0.4, -0.2) is 18.1 Å². The summed E-state index contributed by atoms with van der Waals surface area (Å²) in [6.07, 6.45) is 1.05. The molecule has 0 saturated carbocycles. The molecule has 16 heavy (non-hydrogen) atoms. The SMILES string of the molecule is CC(CCN)CNc1nc2ccccc2s1. The largest absolute Gasteiger partial charge is 0.361 e. The van der Waals surface area contributed by atoms with Crippen molar-refractivity contribution in [2.24, 2.45) is 11.7 Å². The summed E-state index contributed by atoms with van der Waals surface area (Å²) < 4.78 is 1.23. The lowest BCUT2D eigenvalue weighted by Crippen LogP contribution is -2.14. The van der Waals surface area contributed by atoms with Crippen LogP contribution in [0.1, 0.15) is 13.3 Å². The fourth-order valence-electron chi connectivity index (χ4n) is 1.60. The zero-order chi connectivity index (χ0) is 11.4. The molecule has 0 spiro atoms. The van der Waals surface area contributed by atoms with Gasteiger partial charge in [0.2, 0.25) is 0 Å². The van der Waals surface area contributed by atoms with Gasteiger partial charge in [0, 0.05) is 6.54 Å². The summed E-state index contributed by atoms with van der Waals surface area (Å²) in [6.45, 7) is 3.90. The summed E-state index contributed by atoms with van der Waals surface area (Å²) in [6, 6.07) is 8.20. The van der Waals surface area contributed by atoms with E-state index in [1.165, 1.54) is 4.70 Å². The molecule has 86 valence electrons. The molecule has 1 heterocycles. The number of aromatic nitrogens is 1. The fraction of sp³-hybridized carbons (Fsp3) is 0.417. The zero-order valence-corrected chi connectivity index (χ0v) is 10.3. The first-order valence-electron chi connectivity index (χ1n) is 5.59. The monoisotopic (exact) mass is 235 g/mol. The molecule has 1 atom stereocenters. The van der Waals surface area contributed by atoms with Crippen LogP contribution in [0.2, 0.25) is 0 Å². The van der Waals surface area contributed by atoms with E-state index in [-0.39, 0.29) is 0 Å². The van der Waals surface area contributed by atoms with Crippen LogP contribution in [-0.2, 0) is 0 Å². The average molecular weight is 235 g/mol. The minimum absolute atomic E-state index is 0.594. The lowest BCUT2D eigenvalue weighted by Gasteiger charge is -2.09. The van der Waals surface area contributed by atoms with Crippen LogP contribution in [0, 0.1) is 5.92 Å². The summed E-state index contributed by atoms with van der Waals surface area (Å²) in [5.74, 6) is 0.594. The number of hydrogen-bond donors (Lipinski definition) is 2. The average Bonchev–Trinajstić information content (AvgIpc) is 2.69. The Hall–Kier alpha value is -1.13. The number of para-hydroxylation sites is 1. The molecule has 1 aromatic heterocycles. The topological polar surface area (TPSA) is 50.9 Å². The van der Waals surface area contributed by atoms with Gasteiger partial charge in [0.1, 0.15) is 0 Å². The molecule has 2 rings (SSSR count). The van der Waals surface area contributed by atoms with E-state index in [1.54, 1.807) is 11.3 Å². The van der Waals surface area contributed by atoms with E-state index in [0.717, 1.165) is 30.2 Å². The molecule has 0 saturated heterocycles. The molecule has 0 aliphatic heterocycles. The summed E-state index contributed by atoms with van der Waals surface area (Å²) in [7, 11) is 0. The van der Waals surface area contributed by atoms with E-state index in [0.29, 0.717) is 5.92 Å². The van der Waals surface area contributed by atoms with Crippen LogP contribution < -0.4 is 11.1 Å². The number of fused-ring (bicyclic) bond motifs is 1. The first kappa shape index (κ1) is 11.4. The summed E-state index contributed by atoms with van der Waals surface area (Å²) in [5.41, 5.74) is 6.59. The highest BCUT2D eigenvalue weighted by Crippen LogP contribution is 2.25. The van der Waals surface area contributed by atoms with E-state index in [9.17, 15) is 0 Å². The van der Waals surface area contributed by atoms with Gasteiger partial charge < -0.3 is 11.1 Å². The van der Waals surface area contributed by atoms with Crippen molar-refractivity contribution in [3.05, 3.63) is 24.3 Å². The number of thiazole rings is 1. The molecule has 3 nitrogen and oxygen atoms in total. The Morgan fingerprint density at radius 3 is 3.00 bits per heavy atom. The molecule has 2 aromatic rings. The molecule has 1 aromatic carbocycles. The van der Waals surface area contributed by atoms with Gasteiger partial charge in [0.15, 0.2) is 5.13 Å². The van der Waals surface area contributed by atoms with Gasteiger partial charge in [-0.3, -0.25) is 0 Å². The van der Waals surface area contributed by atoms with Gasteiger partial charge >= 0.3 is 0 Å². The molecule has 0 aliphatic carbocycles. The van der Waals surface area contributed by atoms with Crippen molar-refractivity contribution < 1.29 is 0 Å². The third-order valence-corrected chi connectivity index (χ3v) is 3.55. The summed E-state index contributed by atoms with van der Waals surface area (Å²) in [4.78, 5) is 4.52. The van der Waals surface area contributed by atoms with Crippen molar-refractivity contribution in [2.75, 3.05) is 18.4 Å². The zero-order valence-electron chi connectivity index (χ0n) is 9.44. The van der Waals surface area contributed by atoms with Crippen molar-refractivity contribution in [2.45, 2.75) is 13.3 Å². The van der Waals surface area contributed by atoms with Gasteiger partial charge in [-0.15, -0.1) is 0 Å². The number of benzene rings is 1. The third kappa shape index (κ3) is 2.71. The quantitative estimate of drug-likeness (QED) is 0.837. The Kier molecular flexibility index (Phi) is 3.74. The molecular weight excluding hydrogens is 218 g/mol. The Morgan fingerprint density at radius 2 is 2.25 bits per heavy atom. The lowest BCUT2D eigenvalue weighted by atomic mass is 10.1. The van der Waals surface area contributed by atoms with Gasteiger partial charge in [-0.05, 0) is 31.0 Å². The second-order valence-corrected chi connectivity index (χ2v) is 5.08. The van der Waals surface area contributed by atoms with Gasteiger partial charge in [-0.2, -0.15) is 0 Å². The molecule has 0 radical (unpaired) electrons. The van der Waals surface area contributed by atoms with E-state index >= 15 is 0 Å². The molecule has 0 amide bonds. The second kappa shape index (κ2) is 5.27. The highest BCUT2D eigenvalue weighted by atomic mass is 32.1. The third-order valence-electron chi connectivity index (χ3n) is 2.56. The highest BCUT2D eigenvalue weighted by Gasteiger charge is 2.04. The van der Waals surface area contributed by atoms with Crippen molar-refractivity contribution in [3.63, 3.8) is 0 Å².